The predicted molar refractivity (Wildman–Crippen MR) is 59.0 cm³/mol. The number of rotatable bonds is 2. The van der Waals surface area contributed by atoms with Crippen LogP contribution in [0.1, 0.15) is 5.56 Å². The van der Waals surface area contributed by atoms with Crippen LogP contribution < -0.4 is 5.32 Å². The van der Waals surface area contributed by atoms with Crippen molar-refractivity contribution in [2.24, 2.45) is 0 Å². The van der Waals surface area contributed by atoms with Crippen molar-refractivity contribution in [2.45, 2.75) is 6.18 Å². The average molecular weight is 238 g/mol. The fourth-order valence-corrected chi connectivity index (χ4v) is 1.34. The molecular formula is C12H9F3N2. The van der Waals surface area contributed by atoms with Crippen LogP contribution in [-0.4, -0.2) is 4.98 Å². The van der Waals surface area contributed by atoms with Gasteiger partial charge in [0.1, 0.15) is 5.82 Å². The van der Waals surface area contributed by atoms with E-state index in [-0.39, 0.29) is 5.82 Å². The van der Waals surface area contributed by atoms with Crippen molar-refractivity contribution >= 4 is 11.5 Å². The quantitative estimate of drug-likeness (QED) is 0.859. The molecule has 88 valence electrons. The highest BCUT2D eigenvalue weighted by Crippen LogP contribution is 2.30. The number of halogens is 3. The zero-order chi connectivity index (χ0) is 12.3. The van der Waals surface area contributed by atoms with Gasteiger partial charge in [-0.1, -0.05) is 18.2 Å². The molecule has 0 aliphatic rings. The number of hydrogen-bond acceptors (Lipinski definition) is 2. The summed E-state index contributed by atoms with van der Waals surface area (Å²) < 4.78 is 37.4. The lowest BCUT2D eigenvalue weighted by molar-refractivity contribution is -0.137. The Kier molecular flexibility index (Phi) is 2.99. The molecule has 0 aliphatic carbocycles. The molecule has 2 nitrogen and oxygen atoms in total. The van der Waals surface area contributed by atoms with Crippen molar-refractivity contribution in [3.05, 3.63) is 54.2 Å². The van der Waals surface area contributed by atoms with E-state index in [0.717, 1.165) is 18.3 Å². The first-order chi connectivity index (χ1) is 8.05. The van der Waals surface area contributed by atoms with E-state index in [1.165, 1.54) is 0 Å². The van der Waals surface area contributed by atoms with Gasteiger partial charge in [0.15, 0.2) is 0 Å². The standard InChI is InChI=1S/C12H9F3N2/c13-12(14,15)9-6-7-16-11(8-9)17-10-4-2-1-3-5-10/h1-8H,(H,16,17). The van der Waals surface area contributed by atoms with Crippen LogP contribution in [0.15, 0.2) is 48.7 Å². The molecule has 1 aromatic heterocycles. The molecule has 0 aliphatic heterocycles. The lowest BCUT2D eigenvalue weighted by atomic mass is 10.2. The maximum absolute atomic E-state index is 12.5. The number of hydrogen-bond donors (Lipinski definition) is 1. The molecular weight excluding hydrogens is 229 g/mol. The van der Waals surface area contributed by atoms with Crippen LogP contribution in [0.2, 0.25) is 0 Å². The van der Waals surface area contributed by atoms with E-state index in [0.29, 0.717) is 5.69 Å². The normalized spacial score (nSPS) is 11.2. The van der Waals surface area contributed by atoms with Crippen molar-refractivity contribution in [1.29, 1.82) is 0 Å². The SMILES string of the molecule is FC(F)(F)c1ccnc(Nc2ccccc2)c1. The molecule has 0 fully saturated rings. The van der Waals surface area contributed by atoms with Gasteiger partial charge >= 0.3 is 6.18 Å². The summed E-state index contributed by atoms with van der Waals surface area (Å²) in [6, 6.07) is 10.8. The van der Waals surface area contributed by atoms with E-state index in [4.69, 9.17) is 0 Å². The first kappa shape index (κ1) is 11.4. The number of para-hydroxylation sites is 1. The van der Waals surface area contributed by atoms with Crippen molar-refractivity contribution in [1.82, 2.24) is 4.98 Å². The van der Waals surface area contributed by atoms with E-state index in [9.17, 15) is 13.2 Å². The van der Waals surface area contributed by atoms with Crippen molar-refractivity contribution in [3.63, 3.8) is 0 Å². The largest absolute Gasteiger partial charge is 0.416 e. The minimum atomic E-state index is -4.35. The van der Waals surface area contributed by atoms with Crippen LogP contribution in [-0.2, 0) is 6.18 Å². The summed E-state index contributed by atoms with van der Waals surface area (Å²) >= 11 is 0. The van der Waals surface area contributed by atoms with Gasteiger partial charge in [-0.25, -0.2) is 4.98 Å². The summed E-state index contributed by atoms with van der Waals surface area (Å²) in [4.78, 5) is 3.84. The third-order valence-corrected chi connectivity index (χ3v) is 2.13. The summed E-state index contributed by atoms with van der Waals surface area (Å²) in [5.41, 5.74) is -0.0229. The Morgan fingerprint density at radius 2 is 1.71 bits per heavy atom. The zero-order valence-corrected chi connectivity index (χ0v) is 8.70. The van der Waals surface area contributed by atoms with E-state index in [1.54, 1.807) is 24.3 Å². The average Bonchev–Trinajstić information content (AvgIpc) is 2.29. The molecule has 0 spiro atoms. The molecule has 0 saturated heterocycles. The van der Waals surface area contributed by atoms with Gasteiger partial charge < -0.3 is 5.32 Å². The van der Waals surface area contributed by atoms with E-state index in [1.807, 2.05) is 6.07 Å². The summed E-state index contributed by atoms with van der Waals surface area (Å²) in [7, 11) is 0. The third kappa shape index (κ3) is 2.96. The number of pyridine rings is 1. The van der Waals surface area contributed by atoms with Gasteiger partial charge in [-0.05, 0) is 24.3 Å². The Balaban J connectivity index is 2.23. The molecule has 1 aromatic carbocycles. The molecule has 2 rings (SSSR count). The van der Waals surface area contributed by atoms with Crippen LogP contribution in [0.3, 0.4) is 0 Å². The minimum Gasteiger partial charge on any atom is -0.340 e. The highest BCUT2D eigenvalue weighted by Gasteiger charge is 2.30. The van der Waals surface area contributed by atoms with Crippen molar-refractivity contribution < 1.29 is 13.2 Å². The molecule has 5 heteroatoms. The molecule has 0 radical (unpaired) electrons. The summed E-state index contributed by atoms with van der Waals surface area (Å²) in [6.45, 7) is 0. The van der Waals surface area contributed by atoms with Gasteiger partial charge in [0.05, 0.1) is 5.56 Å². The van der Waals surface area contributed by atoms with Gasteiger partial charge in [-0.3, -0.25) is 0 Å². The smallest absolute Gasteiger partial charge is 0.340 e. The lowest BCUT2D eigenvalue weighted by Gasteiger charge is -2.09. The second kappa shape index (κ2) is 4.45. The van der Waals surface area contributed by atoms with Gasteiger partial charge in [0.2, 0.25) is 0 Å². The van der Waals surface area contributed by atoms with Gasteiger partial charge in [0.25, 0.3) is 0 Å². The van der Waals surface area contributed by atoms with Crippen LogP contribution in [0, 0.1) is 0 Å². The zero-order valence-electron chi connectivity index (χ0n) is 8.70. The Labute approximate surface area is 96.1 Å². The van der Waals surface area contributed by atoms with Gasteiger partial charge in [-0.15, -0.1) is 0 Å². The number of nitrogens with one attached hydrogen (secondary N) is 1. The monoisotopic (exact) mass is 238 g/mol. The number of nitrogens with zero attached hydrogens (tertiary/aromatic N) is 1. The Morgan fingerprint density at radius 3 is 2.35 bits per heavy atom. The predicted octanol–water partition coefficient (Wildman–Crippen LogP) is 3.84. The molecule has 1 N–H and O–H groups in total. The fraction of sp³-hybridized carbons (Fsp3) is 0.0833. The minimum absolute atomic E-state index is 0.172. The van der Waals surface area contributed by atoms with Crippen molar-refractivity contribution in [3.8, 4) is 0 Å². The van der Waals surface area contributed by atoms with E-state index >= 15 is 0 Å². The molecule has 0 bridgehead atoms. The molecule has 17 heavy (non-hydrogen) atoms. The first-order valence-corrected chi connectivity index (χ1v) is 4.91. The third-order valence-electron chi connectivity index (χ3n) is 2.13. The van der Waals surface area contributed by atoms with Crippen molar-refractivity contribution in [2.75, 3.05) is 5.32 Å². The first-order valence-electron chi connectivity index (χ1n) is 4.91. The molecule has 0 unspecified atom stereocenters. The highest BCUT2D eigenvalue weighted by molar-refractivity contribution is 5.56. The van der Waals surface area contributed by atoms with Crippen LogP contribution >= 0.6 is 0 Å². The van der Waals surface area contributed by atoms with Crippen LogP contribution in [0.25, 0.3) is 0 Å². The molecule has 0 amide bonds. The summed E-state index contributed by atoms with van der Waals surface area (Å²) in [5, 5.41) is 2.81. The second-order valence-corrected chi connectivity index (χ2v) is 3.42. The maximum Gasteiger partial charge on any atom is 0.416 e. The van der Waals surface area contributed by atoms with Gasteiger partial charge in [0, 0.05) is 11.9 Å². The number of benzene rings is 1. The van der Waals surface area contributed by atoms with E-state index < -0.39 is 11.7 Å². The van der Waals surface area contributed by atoms with E-state index in [2.05, 4.69) is 10.3 Å². The highest BCUT2D eigenvalue weighted by atomic mass is 19.4. The molecule has 0 saturated carbocycles. The Bertz CT molecular complexity index is 495. The maximum atomic E-state index is 12.5. The van der Waals surface area contributed by atoms with Gasteiger partial charge in [-0.2, -0.15) is 13.2 Å². The summed E-state index contributed by atoms with van der Waals surface area (Å²) in [6.07, 6.45) is -3.22. The molecule has 2 aromatic rings. The van der Waals surface area contributed by atoms with Crippen LogP contribution in [0.5, 0.6) is 0 Å². The summed E-state index contributed by atoms with van der Waals surface area (Å²) in [5.74, 6) is 0.172. The van der Waals surface area contributed by atoms with Crippen LogP contribution in [0.4, 0.5) is 24.7 Å². The number of aromatic nitrogens is 1. The fourth-order valence-electron chi connectivity index (χ4n) is 1.34. The second-order valence-electron chi connectivity index (χ2n) is 3.42. The molecule has 0 atom stereocenters. The molecule has 1 heterocycles. The topological polar surface area (TPSA) is 24.9 Å². The lowest BCUT2D eigenvalue weighted by Crippen LogP contribution is -2.06. The number of anilines is 2. The Morgan fingerprint density at radius 1 is 1.00 bits per heavy atom. The Hall–Kier alpha value is -2.04. The number of alkyl halides is 3.